The molecule has 2 N–H and O–H groups in total. The molecule has 5 nitrogen and oxygen atoms in total. The van der Waals surface area contributed by atoms with Crippen LogP contribution in [0.5, 0.6) is 0 Å². The number of rotatable bonds is 3. The quantitative estimate of drug-likeness (QED) is 0.824. The monoisotopic (exact) mass is 261 g/mol. The Morgan fingerprint density at radius 3 is 3.00 bits per heavy atom. The average Bonchev–Trinajstić information content (AvgIpc) is 2.08. The van der Waals surface area contributed by atoms with Crippen LogP contribution < -0.4 is 10.5 Å². The molecule has 0 radical (unpaired) electrons. The number of aromatic amines is 1. The molecule has 1 atom stereocenters. The summed E-state index contributed by atoms with van der Waals surface area (Å²) in [5, 5.41) is 9.17. The van der Waals surface area contributed by atoms with Gasteiger partial charge in [-0.3, -0.25) is 4.79 Å². The fraction of sp³-hybridized carbons (Fsp3) is 0.500. The normalized spacial score (nSPS) is 12.6. The van der Waals surface area contributed by atoms with E-state index in [9.17, 15) is 9.90 Å². The van der Waals surface area contributed by atoms with Crippen LogP contribution in [0, 0.1) is 0 Å². The van der Waals surface area contributed by atoms with Gasteiger partial charge in [0.2, 0.25) is 0 Å². The summed E-state index contributed by atoms with van der Waals surface area (Å²) in [6.07, 6.45) is 0.869. The Morgan fingerprint density at radius 2 is 2.43 bits per heavy atom. The van der Waals surface area contributed by atoms with Crippen LogP contribution in [0.3, 0.4) is 0 Å². The molecule has 14 heavy (non-hydrogen) atoms. The Kier molecular flexibility index (Phi) is 3.65. The molecular formula is C8H12BrN3O2. The lowest BCUT2D eigenvalue weighted by Crippen LogP contribution is -2.29. The van der Waals surface area contributed by atoms with E-state index < -0.39 is 6.10 Å². The molecular weight excluding hydrogens is 250 g/mol. The Morgan fingerprint density at radius 1 is 1.79 bits per heavy atom. The topological polar surface area (TPSA) is 69.2 Å². The van der Waals surface area contributed by atoms with Gasteiger partial charge >= 0.3 is 0 Å². The first-order valence-electron chi connectivity index (χ1n) is 4.14. The summed E-state index contributed by atoms with van der Waals surface area (Å²) in [6, 6.07) is 0. The molecule has 0 bridgehead atoms. The fourth-order valence-electron chi connectivity index (χ4n) is 1.12. The maximum Gasteiger partial charge on any atom is 0.267 e. The van der Waals surface area contributed by atoms with Gasteiger partial charge in [-0.15, -0.1) is 0 Å². The van der Waals surface area contributed by atoms with E-state index in [1.54, 1.807) is 18.9 Å². The minimum atomic E-state index is -0.465. The molecule has 1 heterocycles. The zero-order valence-corrected chi connectivity index (χ0v) is 9.58. The second kappa shape index (κ2) is 4.56. The predicted molar refractivity (Wildman–Crippen MR) is 57.5 cm³/mol. The molecule has 0 aliphatic heterocycles. The smallest absolute Gasteiger partial charge is 0.267 e. The van der Waals surface area contributed by atoms with Gasteiger partial charge in [-0.2, -0.15) is 0 Å². The third-order valence-electron chi connectivity index (χ3n) is 1.68. The highest BCUT2D eigenvalue weighted by Crippen LogP contribution is 2.17. The number of likely N-dealkylation sites (N-methyl/N-ethyl adjacent to an activating group) is 1. The van der Waals surface area contributed by atoms with Crippen molar-refractivity contribution in [3.8, 4) is 0 Å². The van der Waals surface area contributed by atoms with E-state index in [1.807, 2.05) is 0 Å². The average molecular weight is 262 g/mol. The molecule has 1 rings (SSSR count). The zero-order valence-electron chi connectivity index (χ0n) is 7.99. The molecule has 0 saturated heterocycles. The molecule has 0 saturated carbocycles. The lowest BCUT2D eigenvalue weighted by atomic mass is 10.4. The number of anilines is 1. The molecule has 0 amide bonds. The van der Waals surface area contributed by atoms with Crippen LogP contribution in [0.15, 0.2) is 15.6 Å². The molecule has 6 heteroatoms. The standard InChI is InChI=1S/C8H12BrN3O2/c1-5(13)3-12(2)7-6(9)8(14)11-4-10-7/h4-5,13H,3H2,1-2H3,(H,10,11,14). The molecule has 0 fully saturated rings. The van der Waals surface area contributed by atoms with E-state index in [2.05, 4.69) is 25.9 Å². The van der Waals surface area contributed by atoms with Gasteiger partial charge < -0.3 is 15.0 Å². The zero-order chi connectivity index (χ0) is 10.7. The van der Waals surface area contributed by atoms with Crippen molar-refractivity contribution in [3.05, 3.63) is 21.2 Å². The van der Waals surface area contributed by atoms with Crippen molar-refractivity contribution >= 4 is 21.7 Å². The van der Waals surface area contributed by atoms with E-state index in [0.29, 0.717) is 16.8 Å². The number of aliphatic hydroxyl groups is 1. The first-order valence-corrected chi connectivity index (χ1v) is 4.94. The van der Waals surface area contributed by atoms with Crippen molar-refractivity contribution in [2.24, 2.45) is 0 Å². The molecule has 0 aliphatic carbocycles. The number of hydrogen-bond donors (Lipinski definition) is 2. The van der Waals surface area contributed by atoms with E-state index in [0.717, 1.165) is 0 Å². The Bertz CT molecular complexity index is 364. The largest absolute Gasteiger partial charge is 0.392 e. The molecule has 0 aromatic carbocycles. The van der Waals surface area contributed by atoms with Crippen molar-refractivity contribution in [1.29, 1.82) is 0 Å². The maximum atomic E-state index is 11.2. The first kappa shape index (κ1) is 11.2. The van der Waals surface area contributed by atoms with Gasteiger partial charge in [0.05, 0.1) is 12.4 Å². The molecule has 1 unspecified atom stereocenters. The van der Waals surface area contributed by atoms with E-state index in [4.69, 9.17) is 0 Å². The highest BCUT2D eigenvalue weighted by Gasteiger charge is 2.11. The second-order valence-electron chi connectivity index (χ2n) is 3.10. The van der Waals surface area contributed by atoms with Crippen LogP contribution in [0.4, 0.5) is 5.82 Å². The maximum absolute atomic E-state index is 11.2. The number of H-pyrrole nitrogens is 1. The minimum absolute atomic E-state index is 0.229. The predicted octanol–water partition coefficient (Wildman–Crippen LogP) is 0.349. The summed E-state index contributed by atoms with van der Waals surface area (Å²) in [6.45, 7) is 2.10. The molecule has 1 aromatic rings. The number of hydrogen-bond acceptors (Lipinski definition) is 4. The summed E-state index contributed by atoms with van der Waals surface area (Å²) in [5.41, 5.74) is -0.229. The molecule has 0 aliphatic rings. The fourth-order valence-corrected chi connectivity index (χ4v) is 1.64. The van der Waals surface area contributed by atoms with Gasteiger partial charge in [0, 0.05) is 13.6 Å². The summed E-state index contributed by atoms with van der Waals surface area (Å²) >= 11 is 3.14. The second-order valence-corrected chi connectivity index (χ2v) is 3.89. The van der Waals surface area contributed by atoms with Crippen LogP contribution in [-0.2, 0) is 0 Å². The van der Waals surface area contributed by atoms with Gasteiger partial charge in [-0.05, 0) is 22.9 Å². The molecule has 78 valence electrons. The van der Waals surface area contributed by atoms with Crippen molar-refractivity contribution in [1.82, 2.24) is 9.97 Å². The van der Waals surface area contributed by atoms with Crippen LogP contribution in [0.1, 0.15) is 6.92 Å². The van der Waals surface area contributed by atoms with Crippen LogP contribution in [-0.4, -0.2) is 34.8 Å². The van der Waals surface area contributed by atoms with Crippen molar-refractivity contribution in [2.75, 3.05) is 18.5 Å². The number of nitrogens with zero attached hydrogens (tertiary/aromatic N) is 2. The Hall–Kier alpha value is -0.880. The third kappa shape index (κ3) is 2.55. The number of aliphatic hydroxyl groups excluding tert-OH is 1. The third-order valence-corrected chi connectivity index (χ3v) is 2.39. The van der Waals surface area contributed by atoms with Crippen molar-refractivity contribution in [3.63, 3.8) is 0 Å². The lowest BCUT2D eigenvalue weighted by Gasteiger charge is -2.19. The highest BCUT2D eigenvalue weighted by atomic mass is 79.9. The van der Waals surface area contributed by atoms with Gasteiger partial charge in [-0.25, -0.2) is 4.98 Å². The number of halogens is 1. The summed E-state index contributed by atoms with van der Waals surface area (Å²) < 4.78 is 0.378. The van der Waals surface area contributed by atoms with E-state index >= 15 is 0 Å². The number of nitrogens with one attached hydrogen (secondary N) is 1. The van der Waals surface area contributed by atoms with Gasteiger partial charge in [0.25, 0.3) is 5.56 Å². The van der Waals surface area contributed by atoms with Crippen molar-refractivity contribution in [2.45, 2.75) is 13.0 Å². The molecule has 0 spiro atoms. The first-order chi connectivity index (χ1) is 6.52. The van der Waals surface area contributed by atoms with Crippen molar-refractivity contribution < 1.29 is 5.11 Å². The lowest BCUT2D eigenvalue weighted by molar-refractivity contribution is 0.201. The minimum Gasteiger partial charge on any atom is -0.392 e. The number of aromatic nitrogens is 2. The SMILES string of the molecule is CC(O)CN(C)c1nc[nH]c(=O)c1Br. The van der Waals surface area contributed by atoms with Crippen LogP contribution in [0.2, 0.25) is 0 Å². The molecule has 1 aromatic heterocycles. The van der Waals surface area contributed by atoms with E-state index in [1.165, 1.54) is 6.33 Å². The van der Waals surface area contributed by atoms with Gasteiger partial charge in [-0.1, -0.05) is 0 Å². The summed E-state index contributed by atoms with van der Waals surface area (Å²) in [7, 11) is 1.76. The summed E-state index contributed by atoms with van der Waals surface area (Å²) in [5.74, 6) is 0.523. The van der Waals surface area contributed by atoms with Gasteiger partial charge in [0.15, 0.2) is 0 Å². The van der Waals surface area contributed by atoms with Gasteiger partial charge in [0.1, 0.15) is 10.3 Å². The van der Waals surface area contributed by atoms with Crippen LogP contribution in [0.25, 0.3) is 0 Å². The highest BCUT2D eigenvalue weighted by molar-refractivity contribution is 9.10. The van der Waals surface area contributed by atoms with Crippen LogP contribution >= 0.6 is 15.9 Å². The van der Waals surface area contributed by atoms with E-state index in [-0.39, 0.29) is 5.56 Å². The Balaban J connectivity index is 2.95. The Labute approximate surface area is 89.9 Å². The summed E-state index contributed by atoms with van der Waals surface area (Å²) in [4.78, 5) is 19.4.